The van der Waals surface area contributed by atoms with Crippen LogP contribution >= 0.6 is 11.6 Å². The zero-order valence-corrected chi connectivity index (χ0v) is 11.0. The summed E-state index contributed by atoms with van der Waals surface area (Å²) in [6.07, 6.45) is 1.29. The quantitative estimate of drug-likeness (QED) is 0.618. The molecule has 0 spiro atoms. The maximum atomic E-state index is 11.9. The van der Waals surface area contributed by atoms with Crippen molar-refractivity contribution >= 4 is 23.2 Å². The number of aromatic nitrogens is 2. The van der Waals surface area contributed by atoms with Crippen LogP contribution in [0.5, 0.6) is 0 Å². The van der Waals surface area contributed by atoms with Crippen LogP contribution < -0.4 is 16.7 Å². The van der Waals surface area contributed by atoms with E-state index in [4.69, 9.17) is 17.3 Å². The van der Waals surface area contributed by atoms with E-state index in [1.54, 1.807) is 18.2 Å². The summed E-state index contributed by atoms with van der Waals surface area (Å²) in [5.41, 5.74) is 6.04. The van der Waals surface area contributed by atoms with Crippen LogP contribution in [0.2, 0.25) is 5.02 Å². The molecule has 2 aromatic rings. The molecule has 0 radical (unpaired) electrons. The van der Waals surface area contributed by atoms with Crippen molar-refractivity contribution in [1.82, 2.24) is 9.97 Å². The Hall–Kier alpha value is -2.49. The number of benzene rings is 1. The summed E-state index contributed by atoms with van der Waals surface area (Å²) < 4.78 is 0. The standard InChI is InChI=1S/C13H11ClN4O2/c14-9-3-4-10(8(6-9)2-1-5-15)17-12(19)11-7-16-13(20)18-11/h3-4,6-7H,5,15H2,(H,17,19)(H2,16,18,20). The molecule has 6 nitrogen and oxygen atoms in total. The lowest BCUT2D eigenvalue weighted by Crippen LogP contribution is -2.14. The molecule has 0 unspecified atom stereocenters. The van der Waals surface area contributed by atoms with Crippen molar-refractivity contribution in [1.29, 1.82) is 0 Å². The molecular formula is C13H11ClN4O2. The van der Waals surface area contributed by atoms with Crippen LogP contribution in [-0.2, 0) is 0 Å². The predicted octanol–water partition coefficient (Wildman–Crippen LogP) is 0.919. The number of carbonyl (C=O) groups is 1. The minimum atomic E-state index is -0.457. The van der Waals surface area contributed by atoms with Crippen molar-refractivity contribution in [2.24, 2.45) is 5.73 Å². The van der Waals surface area contributed by atoms with Crippen molar-refractivity contribution in [2.75, 3.05) is 11.9 Å². The molecule has 0 bridgehead atoms. The van der Waals surface area contributed by atoms with E-state index in [0.717, 1.165) is 0 Å². The van der Waals surface area contributed by atoms with Gasteiger partial charge in [-0.1, -0.05) is 23.4 Å². The fraction of sp³-hybridized carbons (Fsp3) is 0.0769. The van der Waals surface area contributed by atoms with Crippen LogP contribution in [0.15, 0.2) is 29.2 Å². The summed E-state index contributed by atoms with van der Waals surface area (Å²) in [5, 5.41) is 3.14. The van der Waals surface area contributed by atoms with Gasteiger partial charge >= 0.3 is 5.69 Å². The number of halogens is 1. The van der Waals surface area contributed by atoms with Gasteiger partial charge in [0.1, 0.15) is 5.69 Å². The molecule has 20 heavy (non-hydrogen) atoms. The first-order valence-corrected chi connectivity index (χ1v) is 6.05. The zero-order chi connectivity index (χ0) is 14.5. The first-order chi connectivity index (χ1) is 9.60. The smallest absolute Gasteiger partial charge is 0.320 e. The first kappa shape index (κ1) is 13.9. The van der Waals surface area contributed by atoms with Gasteiger partial charge in [0.25, 0.3) is 5.91 Å². The number of hydrogen-bond donors (Lipinski definition) is 4. The van der Waals surface area contributed by atoms with Crippen LogP contribution in [0.3, 0.4) is 0 Å². The Morgan fingerprint density at radius 3 is 2.90 bits per heavy atom. The number of H-pyrrole nitrogens is 2. The van der Waals surface area contributed by atoms with Crippen LogP contribution in [0.4, 0.5) is 5.69 Å². The van der Waals surface area contributed by atoms with Gasteiger partial charge in [0.15, 0.2) is 0 Å². The van der Waals surface area contributed by atoms with E-state index in [1.807, 2.05) is 0 Å². The summed E-state index contributed by atoms with van der Waals surface area (Å²) in [6.45, 7) is 0.199. The Labute approximate surface area is 119 Å². The average Bonchev–Trinajstić information content (AvgIpc) is 2.85. The summed E-state index contributed by atoms with van der Waals surface area (Å²) in [6, 6.07) is 4.88. The highest BCUT2D eigenvalue weighted by atomic mass is 35.5. The molecule has 1 aromatic carbocycles. The van der Waals surface area contributed by atoms with Gasteiger partial charge in [0.2, 0.25) is 0 Å². The molecule has 2 rings (SSSR count). The van der Waals surface area contributed by atoms with Crippen molar-refractivity contribution < 1.29 is 4.79 Å². The van der Waals surface area contributed by atoms with Crippen molar-refractivity contribution in [3.8, 4) is 11.8 Å². The Kier molecular flexibility index (Phi) is 4.25. The molecule has 0 saturated carbocycles. The van der Waals surface area contributed by atoms with Gasteiger partial charge in [0, 0.05) is 16.8 Å². The molecule has 0 saturated heterocycles. The molecular weight excluding hydrogens is 280 g/mol. The number of rotatable bonds is 2. The maximum Gasteiger partial charge on any atom is 0.323 e. The zero-order valence-electron chi connectivity index (χ0n) is 10.3. The Bertz CT molecular complexity index is 751. The van der Waals surface area contributed by atoms with E-state index >= 15 is 0 Å². The predicted molar refractivity (Wildman–Crippen MR) is 76.8 cm³/mol. The molecule has 5 N–H and O–H groups in total. The lowest BCUT2D eigenvalue weighted by atomic mass is 10.1. The van der Waals surface area contributed by atoms with Crippen LogP contribution in [-0.4, -0.2) is 22.4 Å². The van der Waals surface area contributed by atoms with E-state index in [0.29, 0.717) is 16.3 Å². The van der Waals surface area contributed by atoms with Gasteiger partial charge in [-0.05, 0) is 18.2 Å². The van der Waals surface area contributed by atoms with E-state index in [9.17, 15) is 9.59 Å². The minimum absolute atomic E-state index is 0.127. The highest BCUT2D eigenvalue weighted by molar-refractivity contribution is 6.30. The second-order valence-corrected chi connectivity index (χ2v) is 4.24. The van der Waals surface area contributed by atoms with Crippen molar-refractivity contribution in [3.63, 3.8) is 0 Å². The number of hydrogen-bond acceptors (Lipinski definition) is 3. The molecule has 7 heteroatoms. The molecule has 102 valence electrons. The number of imidazole rings is 1. The molecule has 1 amide bonds. The Morgan fingerprint density at radius 1 is 1.45 bits per heavy atom. The normalized spacial score (nSPS) is 9.70. The average molecular weight is 291 g/mol. The molecule has 1 aromatic heterocycles. The van der Waals surface area contributed by atoms with Crippen LogP contribution in [0, 0.1) is 11.8 Å². The summed E-state index contributed by atoms with van der Waals surface area (Å²) in [4.78, 5) is 27.6. The highest BCUT2D eigenvalue weighted by Gasteiger charge is 2.10. The Morgan fingerprint density at radius 2 is 2.25 bits per heavy atom. The fourth-order valence-electron chi connectivity index (χ4n) is 1.52. The van der Waals surface area contributed by atoms with E-state index in [-0.39, 0.29) is 12.2 Å². The number of anilines is 1. The number of amides is 1. The minimum Gasteiger partial charge on any atom is -0.320 e. The largest absolute Gasteiger partial charge is 0.323 e. The Balaban J connectivity index is 2.29. The topological polar surface area (TPSA) is 104 Å². The molecule has 0 fully saturated rings. The third-order valence-electron chi connectivity index (χ3n) is 2.40. The van der Waals surface area contributed by atoms with Crippen molar-refractivity contribution in [3.05, 3.63) is 51.2 Å². The molecule has 1 heterocycles. The third kappa shape index (κ3) is 3.29. The highest BCUT2D eigenvalue weighted by Crippen LogP contribution is 2.20. The second-order valence-electron chi connectivity index (χ2n) is 3.81. The first-order valence-electron chi connectivity index (χ1n) is 5.67. The SMILES string of the molecule is NCC#Cc1cc(Cl)ccc1NC(=O)c1c[nH]c(=O)[nH]1. The summed E-state index contributed by atoms with van der Waals surface area (Å²) in [5.74, 6) is 5.06. The van der Waals surface area contributed by atoms with Crippen LogP contribution in [0.25, 0.3) is 0 Å². The lowest BCUT2D eigenvalue weighted by molar-refractivity contribution is 0.102. The second kappa shape index (κ2) is 6.10. The third-order valence-corrected chi connectivity index (χ3v) is 2.63. The van der Waals surface area contributed by atoms with Crippen molar-refractivity contribution in [2.45, 2.75) is 0 Å². The van der Waals surface area contributed by atoms with E-state index in [2.05, 4.69) is 27.1 Å². The monoisotopic (exact) mass is 290 g/mol. The lowest BCUT2D eigenvalue weighted by Gasteiger charge is -2.06. The van der Waals surface area contributed by atoms with E-state index < -0.39 is 11.6 Å². The molecule has 0 aliphatic heterocycles. The van der Waals surface area contributed by atoms with Gasteiger partial charge in [0.05, 0.1) is 12.2 Å². The number of aromatic amines is 2. The number of nitrogens with two attached hydrogens (primary N) is 1. The molecule has 0 atom stereocenters. The molecule has 0 aliphatic carbocycles. The fourth-order valence-corrected chi connectivity index (χ4v) is 1.69. The van der Waals surface area contributed by atoms with Gasteiger partial charge in [-0.2, -0.15) is 0 Å². The van der Waals surface area contributed by atoms with E-state index in [1.165, 1.54) is 6.20 Å². The number of carbonyl (C=O) groups excluding carboxylic acids is 1. The van der Waals surface area contributed by atoms with Crippen LogP contribution in [0.1, 0.15) is 16.1 Å². The summed E-state index contributed by atoms with van der Waals surface area (Å²) in [7, 11) is 0. The van der Waals surface area contributed by atoms with Gasteiger partial charge in [-0.25, -0.2) is 4.79 Å². The maximum absolute atomic E-state index is 11.9. The summed E-state index contributed by atoms with van der Waals surface area (Å²) >= 11 is 5.89. The number of nitrogens with one attached hydrogen (secondary N) is 3. The van der Waals surface area contributed by atoms with Gasteiger partial charge in [-0.15, -0.1) is 0 Å². The van der Waals surface area contributed by atoms with Gasteiger partial charge in [-0.3, -0.25) is 4.79 Å². The van der Waals surface area contributed by atoms with Gasteiger partial charge < -0.3 is 21.0 Å². The molecule has 0 aliphatic rings.